The van der Waals surface area contributed by atoms with Gasteiger partial charge in [-0.1, -0.05) is 6.92 Å². The van der Waals surface area contributed by atoms with Crippen LogP contribution in [0.3, 0.4) is 0 Å². The molecule has 0 amide bonds. The number of furan rings is 1. The predicted molar refractivity (Wildman–Crippen MR) is 83.7 cm³/mol. The van der Waals surface area contributed by atoms with E-state index in [0.29, 0.717) is 12.0 Å². The summed E-state index contributed by atoms with van der Waals surface area (Å²) in [6.07, 6.45) is 4.45. The van der Waals surface area contributed by atoms with Crippen LogP contribution in [0.1, 0.15) is 53.2 Å². The zero-order valence-electron chi connectivity index (χ0n) is 13.6. The summed E-state index contributed by atoms with van der Waals surface area (Å²) in [5.41, 5.74) is 0.194. The first-order chi connectivity index (χ1) is 9.37. The van der Waals surface area contributed by atoms with Crippen molar-refractivity contribution in [1.82, 2.24) is 10.2 Å². The van der Waals surface area contributed by atoms with E-state index in [9.17, 15) is 0 Å². The van der Waals surface area contributed by atoms with Gasteiger partial charge in [-0.2, -0.15) is 0 Å². The van der Waals surface area contributed by atoms with E-state index in [0.717, 1.165) is 24.9 Å². The third-order valence-corrected chi connectivity index (χ3v) is 4.24. The summed E-state index contributed by atoms with van der Waals surface area (Å²) in [6.45, 7) is 13.4. The number of rotatable bonds is 7. The van der Waals surface area contributed by atoms with Crippen molar-refractivity contribution in [2.75, 3.05) is 6.54 Å². The molecular weight excluding hydrogens is 248 g/mol. The molecule has 2 unspecified atom stereocenters. The molecule has 1 fully saturated rings. The monoisotopic (exact) mass is 278 g/mol. The Morgan fingerprint density at radius 3 is 2.55 bits per heavy atom. The quantitative estimate of drug-likeness (QED) is 0.825. The van der Waals surface area contributed by atoms with Crippen molar-refractivity contribution in [3.63, 3.8) is 0 Å². The van der Waals surface area contributed by atoms with Gasteiger partial charge in [-0.05, 0) is 65.1 Å². The SMILES string of the molecule is CC(CNC(C)(C)C)C(C)N(Cc1ccco1)C1CC1. The van der Waals surface area contributed by atoms with Gasteiger partial charge in [-0.15, -0.1) is 0 Å². The van der Waals surface area contributed by atoms with Gasteiger partial charge in [0.25, 0.3) is 0 Å². The highest BCUT2D eigenvalue weighted by molar-refractivity contribution is 5.01. The maximum Gasteiger partial charge on any atom is 0.117 e. The second kappa shape index (κ2) is 6.31. The number of hydrogen-bond acceptors (Lipinski definition) is 3. The van der Waals surface area contributed by atoms with Crippen LogP contribution in [0.25, 0.3) is 0 Å². The Bertz CT molecular complexity index is 390. The molecule has 0 aromatic carbocycles. The van der Waals surface area contributed by atoms with Crippen molar-refractivity contribution in [3.8, 4) is 0 Å². The Balaban J connectivity index is 1.91. The van der Waals surface area contributed by atoms with E-state index >= 15 is 0 Å². The molecule has 3 heteroatoms. The van der Waals surface area contributed by atoms with Crippen molar-refractivity contribution < 1.29 is 4.42 Å². The maximum atomic E-state index is 5.53. The molecule has 2 rings (SSSR count). The molecular formula is C17H30N2O. The fourth-order valence-electron chi connectivity index (χ4n) is 2.56. The number of nitrogens with zero attached hydrogens (tertiary/aromatic N) is 1. The predicted octanol–water partition coefficient (Wildman–Crippen LogP) is 3.66. The molecule has 1 aliphatic rings. The van der Waals surface area contributed by atoms with Crippen LogP contribution >= 0.6 is 0 Å². The van der Waals surface area contributed by atoms with Gasteiger partial charge in [0.1, 0.15) is 5.76 Å². The Kier molecular flexibility index (Phi) is 4.92. The Labute approximate surface area is 123 Å². The summed E-state index contributed by atoms with van der Waals surface area (Å²) < 4.78 is 5.53. The molecule has 0 aliphatic heterocycles. The molecule has 1 saturated carbocycles. The van der Waals surface area contributed by atoms with E-state index < -0.39 is 0 Å². The minimum atomic E-state index is 0.194. The van der Waals surface area contributed by atoms with E-state index in [1.54, 1.807) is 6.26 Å². The maximum absolute atomic E-state index is 5.53. The topological polar surface area (TPSA) is 28.4 Å². The normalized spacial score (nSPS) is 19.3. The van der Waals surface area contributed by atoms with E-state index in [-0.39, 0.29) is 5.54 Å². The van der Waals surface area contributed by atoms with Crippen LogP contribution in [-0.2, 0) is 6.54 Å². The van der Waals surface area contributed by atoms with Crippen LogP contribution in [0.15, 0.2) is 22.8 Å². The fourth-order valence-corrected chi connectivity index (χ4v) is 2.56. The van der Waals surface area contributed by atoms with E-state index in [1.807, 2.05) is 6.07 Å². The zero-order chi connectivity index (χ0) is 14.8. The van der Waals surface area contributed by atoms with Crippen LogP contribution in [0.2, 0.25) is 0 Å². The van der Waals surface area contributed by atoms with E-state index in [2.05, 4.69) is 50.9 Å². The van der Waals surface area contributed by atoms with Gasteiger partial charge >= 0.3 is 0 Å². The molecule has 114 valence electrons. The molecule has 1 aromatic rings. The van der Waals surface area contributed by atoms with Crippen LogP contribution in [0.5, 0.6) is 0 Å². The molecule has 0 bridgehead atoms. The first-order valence-electron chi connectivity index (χ1n) is 7.90. The third-order valence-electron chi connectivity index (χ3n) is 4.24. The van der Waals surface area contributed by atoms with E-state index in [4.69, 9.17) is 4.42 Å². The standard InChI is InChI=1S/C17H30N2O/c1-13(11-18-17(3,4)5)14(2)19(15-8-9-15)12-16-7-6-10-20-16/h6-7,10,13-15,18H,8-9,11-12H2,1-5H3. The molecule has 0 saturated heterocycles. The first kappa shape index (κ1) is 15.6. The smallest absolute Gasteiger partial charge is 0.117 e. The first-order valence-corrected chi connectivity index (χ1v) is 7.90. The van der Waals surface area contributed by atoms with Gasteiger partial charge in [0, 0.05) is 17.6 Å². The Hall–Kier alpha value is -0.800. The number of nitrogens with one attached hydrogen (secondary N) is 1. The Morgan fingerprint density at radius 2 is 2.05 bits per heavy atom. The summed E-state index contributed by atoms with van der Waals surface area (Å²) in [4.78, 5) is 2.62. The van der Waals surface area contributed by atoms with Crippen molar-refractivity contribution in [2.24, 2.45) is 5.92 Å². The minimum Gasteiger partial charge on any atom is -0.468 e. The second-order valence-corrected chi connectivity index (χ2v) is 7.33. The lowest BCUT2D eigenvalue weighted by molar-refractivity contribution is 0.128. The molecule has 1 N–H and O–H groups in total. The molecule has 20 heavy (non-hydrogen) atoms. The van der Waals surface area contributed by atoms with E-state index in [1.165, 1.54) is 12.8 Å². The summed E-state index contributed by atoms with van der Waals surface area (Å²) in [5, 5.41) is 3.63. The average Bonchev–Trinajstić information content (AvgIpc) is 3.08. The third kappa shape index (κ3) is 4.64. The molecule has 1 aliphatic carbocycles. The lowest BCUT2D eigenvalue weighted by atomic mass is 9.99. The molecule has 0 radical (unpaired) electrons. The van der Waals surface area contributed by atoms with Crippen LogP contribution in [0, 0.1) is 5.92 Å². The Morgan fingerprint density at radius 1 is 1.35 bits per heavy atom. The highest BCUT2D eigenvalue weighted by Crippen LogP contribution is 2.32. The van der Waals surface area contributed by atoms with Crippen molar-refractivity contribution >= 4 is 0 Å². The fraction of sp³-hybridized carbons (Fsp3) is 0.765. The highest BCUT2D eigenvalue weighted by atomic mass is 16.3. The highest BCUT2D eigenvalue weighted by Gasteiger charge is 2.34. The van der Waals surface area contributed by atoms with Gasteiger partial charge in [-0.25, -0.2) is 0 Å². The zero-order valence-corrected chi connectivity index (χ0v) is 13.6. The molecule has 2 atom stereocenters. The van der Waals surface area contributed by atoms with Gasteiger partial charge in [0.15, 0.2) is 0 Å². The number of hydrogen-bond donors (Lipinski definition) is 1. The lowest BCUT2D eigenvalue weighted by Crippen LogP contribution is -2.45. The largest absolute Gasteiger partial charge is 0.468 e. The molecule has 3 nitrogen and oxygen atoms in total. The summed E-state index contributed by atoms with van der Waals surface area (Å²) in [6, 6.07) is 5.39. The van der Waals surface area contributed by atoms with Gasteiger partial charge < -0.3 is 9.73 Å². The van der Waals surface area contributed by atoms with Crippen molar-refractivity contribution in [2.45, 2.75) is 71.6 Å². The van der Waals surface area contributed by atoms with Gasteiger partial charge in [-0.3, -0.25) is 4.90 Å². The van der Waals surface area contributed by atoms with Crippen molar-refractivity contribution in [1.29, 1.82) is 0 Å². The summed E-state index contributed by atoms with van der Waals surface area (Å²) in [7, 11) is 0. The minimum absolute atomic E-state index is 0.194. The van der Waals surface area contributed by atoms with Gasteiger partial charge in [0.2, 0.25) is 0 Å². The summed E-state index contributed by atoms with van der Waals surface area (Å²) >= 11 is 0. The molecule has 0 spiro atoms. The second-order valence-electron chi connectivity index (χ2n) is 7.33. The lowest BCUT2D eigenvalue weighted by Gasteiger charge is -2.34. The van der Waals surface area contributed by atoms with Crippen molar-refractivity contribution in [3.05, 3.63) is 24.2 Å². The van der Waals surface area contributed by atoms with Gasteiger partial charge in [0.05, 0.1) is 12.8 Å². The van der Waals surface area contributed by atoms with Crippen LogP contribution in [-0.4, -0.2) is 29.1 Å². The molecule has 1 aromatic heterocycles. The average molecular weight is 278 g/mol. The van der Waals surface area contributed by atoms with Crippen LogP contribution in [0.4, 0.5) is 0 Å². The summed E-state index contributed by atoms with van der Waals surface area (Å²) in [5.74, 6) is 1.71. The molecule has 1 heterocycles. The van der Waals surface area contributed by atoms with Crippen LogP contribution < -0.4 is 5.32 Å².